The highest BCUT2D eigenvalue weighted by molar-refractivity contribution is 5.82. The van der Waals surface area contributed by atoms with Crippen LogP contribution in [0.3, 0.4) is 0 Å². The van der Waals surface area contributed by atoms with Crippen molar-refractivity contribution in [1.82, 2.24) is 0 Å². The van der Waals surface area contributed by atoms with Crippen molar-refractivity contribution in [3.63, 3.8) is 0 Å². The molecule has 1 saturated carbocycles. The smallest absolute Gasteiger partial charge is 0.225 e. The summed E-state index contributed by atoms with van der Waals surface area (Å²) in [6, 6.07) is 11.6. The number of anilines is 1. The molecule has 29 heavy (non-hydrogen) atoms. The lowest BCUT2D eigenvalue weighted by Crippen LogP contribution is -2.61. The zero-order valence-electron chi connectivity index (χ0n) is 15.6. The molecular formula is C22H19F2N4O+. The van der Waals surface area contributed by atoms with E-state index in [1.165, 1.54) is 18.6 Å². The largest absolute Gasteiger partial charge is 0.454 e. The Morgan fingerprint density at radius 3 is 2.62 bits per heavy atom. The van der Waals surface area contributed by atoms with Gasteiger partial charge in [0.05, 0.1) is 30.3 Å². The zero-order chi connectivity index (χ0) is 19.8. The first-order chi connectivity index (χ1) is 14.2. The van der Waals surface area contributed by atoms with E-state index in [-0.39, 0.29) is 5.75 Å². The molecule has 3 aliphatic rings. The predicted octanol–water partition coefficient (Wildman–Crippen LogP) is 5.29. The first-order valence-corrected chi connectivity index (χ1v) is 9.53. The van der Waals surface area contributed by atoms with Gasteiger partial charge >= 0.3 is 0 Å². The summed E-state index contributed by atoms with van der Waals surface area (Å²) >= 11 is 0. The molecule has 0 bridgehead atoms. The van der Waals surface area contributed by atoms with Gasteiger partial charge in [0.15, 0.2) is 17.8 Å². The Morgan fingerprint density at radius 2 is 1.86 bits per heavy atom. The van der Waals surface area contributed by atoms with Crippen LogP contribution in [0.5, 0.6) is 11.5 Å². The van der Waals surface area contributed by atoms with Gasteiger partial charge in [0.25, 0.3) is 0 Å². The van der Waals surface area contributed by atoms with E-state index in [0.717, 1.165) is 30.3 Å². The highest BCUT2D eigenvalue weighted by atomic mass is 19.2. The van der Waals surface area contributed by atoms with Crippen molar-refractivity contribution in [2.45, 2.75) is 25.3 Å². The van der Waals surface area contributed by atoms with E-state index in [0.29, 0.717) is 16.4 Å². The summed E-state index contributed by atoms with van der Waals surface area (Å²) < 4.78 is 33.2. The maximum absolute atomic E-state index is 13.9. The van der Waals surface area contributed by atoms with Crippen molar-refractivity contribution in [2.24, 2.45) is 9.98 Å². The highest BCUT2D eigenvalue weighted by Gasteiger charge is 2.46. The van der Waals surface area contributed by atoms with Crippen LogP contribution in [0.2, 0.25) is 0 Å². The minimum absolute atomic E-state index is 0.137. The molecule has 2 aromatic rings. The number of quaternary nitrogens is 1. The lowest BCUT2D eigenvalue weighted by Gasteiger charge is -2.46. The van der Waals surface area contributed by atoms with E-state index in [4.69, 9.17) is 4.74 Å². The Bertz CT molecular complexity index is 1060. The third kappa shape index (κ3) is 2.94. The summed E-state index contributed by atoms with van der Waals surface area (Å²) in [4.78, 5) is 8.62. The van der Waals surface area contributed by atoms with Gasteiger partial charge in [0, 0.05) is 0 Å². The van der Waals surface area contributed by atoms with Gasteiger partial charge in [-0.1, -0.05) is 6.07 Å². The molecule has 2 aromatic carbocycles. The number of halogens is 2. The molecule has 0 N–H and O–H groups in total. The van der Waals surface area contributed by atoms with E-state index >= 15 is 0 Å². The first kappa shape index (κ1) is 17.8. The third-order valence-electron chi connectivity index (χ3n) is 5.47. The van der Waals surface area contributed by atoms with E-state index in [2.05, 4.69) is 15.0 Å². The molecule has 2 aliphatic heterocycles. The number of ether oxygens (including phenoxy) is 1. The number of fused-ring (bicyclic) bond motifs is 1. The van der Waals surface area contributed by atoms with E-state index < -0.39 is 11.6 Å². The molecule has 7 heteroatoms. The number of hydrogen-bond acceptors (Lipinski definition) is 4. The second-order valence-electron chi connectivity index (χ2n) is 7.21. The highest BCUT2D eigenvalue weighted by Crippen LogP contribution is 2.39. The predicted molar refractivity (Wildman–Crippen MR) is 107 cm³/mol. The maximum Gasteiger partial charge on any atom is 0.225 e. The number of nitrogens with zero attached hydrogens (tertiary/aromatic N) is 4. The molecular weight excluding hydrogens is 374 g/mol. The van der Waals surface area contributed by atoms with Crippen LogP contribution in [0.4, 0.5) is 14.5 Å². The Hall–Kier alpha value is -3.32. The van der Waals surface area contributed by atoms with Crippen molar-refractivity contribution >= 4 is 18.2 Å². The van der Waals surface area contributed by atoms with Crippen LogP contribution >= 0.6 is 0 Å². The van der Waals surface area contributed by atoms with Crippen molar-refractivity contribution in [2.75, 3.05) is 5.01 Å². The fraction of sp³-hybridized carbons (Fsp3) is 0.182. The Kier molecular flexibility index (Phi) is 4.24. The van der Waals surface area contributed by atoms with Crippen LogP contribution < -0.4 is 9.75 Å². The van der Waals surface area contributed by atoms with Gasteiger partial charge in [-0.3, -0.25) is 4.99 Å². The fourth-order valence-electron chi connectivity index (χ4n) is 3.79. The fourth-order valence-corrected chi connectivity index (χ4v) is 3.79. The molecule has 0 saturated heterocycles. The number of benzene rings is 2. The van der Waals surface area contributed by atoms with E-state index in [9.17, 15) is 8.78 Å². The minimum Gasteiger partial charge on any atom is -0.454 e. The molecule has 146 valence electrons. The van der Waals surface area contributed by atoms with Gasteiger partial charge < -0.3 is 4.74 Å². The van der Waals surface area contributed by atoms with Crippen molar-refractivity contribution in [1.29, 1.82) is 0 Å². The second kappa shape index (κ2) is 6.93. The Labute approximate surface area is 167 Å². The number of rotatable bonds is 5. The van der Waals surface area contributed by atoms with E-state index in [1.54, 1.807) is 18.3 Å². The molecule has 5 nitrogen and oxygen atoms in total. The number of hydrogen-bond donors (Lipinski definition) is 0. The van der Waals surface area contributed by atoms with Crippen LogP contribution in [-0.4, -0.2) is 23.2 Å². The summed E-state index contributed by atoms with van der Waals surface area (Å²) in [7, 11) is 0. The maximum atomic E-state index is 13.9. The van der Waals surface area contributed by atoms with Crippen LogP contribution in [0.1, 0.15) is 19.3 Å². The standard InChI is InChI=1S/C22H19F2N4O/c23-20-5-2-6-21(22(20)24)29-19-9-7-17(8-10-19)27(16-3-1-4-16)28-12-11-25-13-18(28)14-26-15-28/h2,5-16H,1,3-4H2/q+1. The molecule has 0 amide bonds. The summed E-state index contributed by atoms with van der Waals surface area (Å²) in [5.74, 6) is -1.62. The van der Waals surface area contributed by atoms with Gasteiger partial charge in [-0.05, 0) is 55.7 Å². The molecule has 2 heterocycles. The molecule has 0 spiro atoms. The van der Waals surface area contributed by atoms with Gasteiger partial charge in [0.2, 0.25) is 17.9 Å². The lowest BCUT2D eigenvalue weighted by molar-refractivity contribution is -0.746. The van der Waals surface area contributed by atoms with Crippen molar-refractivity contribution in [3.05, 3.63) is 78.4 Å². The molecule has 1 unspecified atom stereocenters. The van der Waals surface area contributed by atoms with Crippen LogP contribution in [0.15, 0.2) is 76.7 Å². The second-order valence-corrected chi connectivity index (χ2v) is 7.21. The Balaban J connectivity index is 1.46. The number of allylic oxidation sites excluding steroid dienone is 1. The summed E-state index contributed by atoms with van der Waals surface area (Å²) in [6.07, 6.45) is 12.7. The average Bonchev–Trinajstić information content (AvgIpc) is 3.14. The normalized spacial score (nSPS) is 22.2. The minimum atomic E-state index is -0.994. The Morgan fingerprint density at radius 1 is 1.03 bits per heavy atom. The van der Waals surface area contributed by atoms with Gasteiger partial charge in [0.1, 0.15) is 5.75 Å². The quantitative estimate of drug-likeness (QED) is 0.648. The summed E-state index contributed by atoms with van der Waals surface area (Å²) in [5.41, 5.74) is 1.96. The summed E-state index contributed by atoms with van der Waals surface area (Å²) in [6.45, 7) is 0. The monoisotopic (exact) mass is 393 g/mol. The van der Waals surface area contributed by atoms with Crippen molar-refractivity contribution < 1.29 is 18.1 Å². The number of aliphatic imine (C=N–C) groups is 2. The third-order valence-corrected chi connectivity index (χ3v) is 5.47. The molecule has 1 aliphatic carbocycles. The lowest BCUT2D eigenvalue weighted by atomic mass is 9.92. The van der Waals surface area contributed by atoms with Gasteiger partial charge in [-0.25, -0.2) is 14.4 Å². The molecule has 1 atom stereocenters. The van der Waals surface area contributed by atoms with Crippen molar-refractivity contribution in [3.8, 4) is 11.5 Å². The first-order valence-electron chi connectivity index (χ1n) is 9.53. The molecule has 5 rings (SSSR count). The van der Waals surface area contributed by atoms with Crippen LogP contribution in [0.25, 0.3) is 0 Å². The van der Waals surface area contributed by atoms with Crippen LogP contribution in [-0.2, 0) is 0 Å². The molecule has 0 radical (unpaired) electrons. The van der Waals surface area contributed by atoms with Crippen LogP contribution in [0, 0.1) is 11.6 Å². The molecule has 1 fully saturated rings. The topological polar surface area (TPSA) is 37.2 Å². The molecule has 0 aromatic heterocycles. The van der Waals surface area contributed by atoms with E-state index in [1.807, 2.05) is 37.1 Å². The average molecular weight is 393 g/mol. The van der Waals surface area contributed by atoms with Gasteiger partial charge in [-0.2, -0.15) is 4.39 Å². The zero-order valence-corrected chi connectivity index (χ0v) is 15.6. The van der Waals surface area contributed by atoms with Gasteiger partial charge in [-0.15, -0.1) is 4.59 Å². The SMILES string of the molecule is Fc1cccc(Oc2ccc(N(C3CCC3)[N+]34C=CN=CC3=CN=C4)cc2)c1F. The summed E-state index contributed by atoms with van der Waals surface area (Å²) in [5, 5.41) is 2.31.